The van der Waals surface area contributed by atoms with Gasteiger partial charge in [0.05, 0.1) is 11.5 Å². The Morgan fingerprint density at radius 2 is 2.29 bits per heavy atom. The van der Waals surface area contributed by atoms with Gasteiger partial charge in [0, 0.05) is 24.5 Å². The number of aromatic nitrogens is 1. The minimum absolute atomic E-state index is 0.0894. The molecular weight excluding hydrogens is 290 g/mol. The molecule has 1 aliphatic rings. The van der Waals surface area contributed by atoms with Crippen molar-refractivity contribution in [2.75, 3.05) is 23.4 Å². The summed E-state index contributed by atoms with van der Waals surface area (Å²) in [5.74, 6) is 0.166. The fourth-order valence-electron chi connectivity index (χ4n) is 2.26. The summed E-state index contributed by atoms with van der Waals surface area (Å²) in [6.45, 7) is 2.69. The Bertz CT molecular complexity index is 601. The average molecular weight is 311 g/mol. The van der Waals surface area contributed by atoms with Gasteiger partial charge in [-0.25, -0.2) is 8.42 Å². The number of carbonyl (C=O) groups is 1. The van der Waals surface area contributed by atoms with E-state index in [1.54, 1.807) is 18.3 Å². The number of nitrogens with zero attached hydrogens (tertiary/aromatic N) is 1. The highest BCUT2D eigenvalue weighted by Crippen LogP contribution is 2.17. The Morgan fingerprint density at radius 1 is 1.48 bits per heavy atom. The first-order chi connectivity index (χ1) is 10.00. The highest BCUT2D eigenvalue weighted by Gasteiger charge is 2.27. The van der Waals surface area contributed by atoms with Gasteiger partial charge in [-0.3, -0.25) is 9.78 Å². The first-order valence-corrected chi connectivity index (χ1v) is 9.03. The van der Waals surface area contributed by atoms with Gasteiger partial charge in [-0.15, -0.1) is 0 Å². The molecule has 1 saturated heterocycles. The molecule has 1 aliphatic heterocycles. The van der Waals surface area contributed by atoms with Crippen LogP contribution in [-0.2, 0) is 9.84 Å². The van der Waals surface area contributed by atoms with Crippen molar-refractivity contribution < 1.29 is 13.2 Å². The molecule has 1 aromatic rings. The maximum atomic E-state index is 11.9. The first kappa shape index (κ1) is 15.8. The van der Waals surface area contributed by atoms with Crippen molar-refractivity contribution in [2.24, 2.45) is 0 Å². The van der Waals surface area contributed by atoms with Gasteiger partial charge < -0.3 is 10.6 Å². The quantitative estimate of drug-likeness (QED) is 0.771. The molecule has 1 amide bonds. The normalized spacial score (nSPS) is 20.1. The fraction of sp³-hybridized carbons (Fsp3) is 0.571. The van der Waals surface area contributed by atoms with E-state index in [9.17, 15) is 13.2 Å². The van der Waals surface area contributed by atoms with Crippen LogP contribution in [0.15, 0.2) is 18.3 Å². The van der Waals surface area contributed by atoms with Crippen LogP contribution < -0.4 is 10.6 Å². The number of unbranched alkanes of at least 4 members (excludes halogenated alkanes) is 1. The van der Waals surface area contributed by atoms with Crippen molar-refractivity contribution in [3.63, 3.8) is 0 Å². The van der Waals surface area contributed by atoms with Crippen LogP contribution in [0.3, 0.4) is 0 Å². The molecule has 7 heteroatoms. The maximum Gasteiger partial charge on any atom is 0.269 e. The summed E-state index contributed by atoms with van der Waals surface area (Å²) in [7, 11) is -2.91. The Labute approximate surface area is 125 Å². The molecule has 6 nitrogen and oxygen atoms in total. The Morgan fingerprint density at radius 3 is 2.95 bits per heavy atom. The van der Waals surface area contributed by atoms with Gasteiger partial charge in [-0.05, 0) is 25.0 Å². The van der Waals surface area contributed by atoms with Crippen LogP contribution >= 0.6 is 0 Å². The second-order valence-electron chi connectivity index (χ2n) is 5.28. The lowest BCUT2D eigenvalue weighted by atomic mass is 10.2. The monoisotopic (exact) mass is 311 g/mol. The van der Waals surface area contributed by atoms with E-state index in [0.717, 1.165) is 18.5 Å². The van der Waals surface area contributed by atoms with Crippen molar-refractivity contribution in [3.8, 4) is 0 Å². The largest absolute Gasteiger partial charge is 0.381 e. The van der Waals surface area contributed by atoms with Gasteiger partial charge in [0.2, 0.25) is 0 Å². The van der Waals surface area contributed by atoms with Gasteiger partial charge in [0.1, 0.15) is 5.69 Å². The van der Waals surface area contributed by atoms with Crippen LogP contribution in [0, 0.1) is 0 Å². The SMILES string of the molecule is CCCCNC(=O)c1cc(NC2CCS(=O)(=O)C2)ccn1. The first-order valence-electron chi connectivity index (χ1n) is 7.21. The van der Waals surface area contributed by atoms with Crippen molar-refractivity contribution in [1.82, 2.24) is 10.3 Å². The topological polar surface area (TPSA) is 88.2 Å². The zero-order valence-electron chi connectivity index (χ0n) is 12.1. The fourth-order valence-corrected chi connectivity index (χ4v) is 3.93. The van der Waals surface area contributed by atoms with Gasteiger partial charge in [-0.1, -0.05) is 13.3 Å². The standard InChI is InChI=1S/C14H21N3O3S/c1-2-3-6-16-14(18)13-9-11(4-7-15-13)17-12-5-8-21(19,20)10-12/h4,7,9,12H,2-3,5-6,8,10H2,1H3,(H,15,17)(H,16,18). The second kappa shape index (κ2) is 6.89. The molecule has 1 unspecified atom stereocenters. The van der Waals surface area contributed by atoms with Crippen LogP contribution in [0.1, 0.15) is 36.7 Å². The number of nitrogens with one attached hydrogen (secondary N) is 2. The second-order valence-corrected chi connectivity index (χ2v) is 7.51. The smallest absolute Gasteiger partial charge is 0.269 e. The van der Waals surface area contributed by atoms with E-state index in [4.69, 9.17) is 0 Å². The Kier molecular flexibility index (Phi) is 5.17. The molecule has 0 radical (unpaired) electrons. The number of sulfone groups is 1. The van der Waals surface area contributed by atoms with Crippen LogP contribution in [0.2, 0.25) is 0 Å². The van der Waals surface area contributed by atoms with E-state index in [2.05, 4.69) is 22.5 Å². The maximum absolute atomic E-state index is 11.9. The van der Waals surface area contributed by atoms with Crippen molar-refractivity contribution in [3.05, 3.63) is 24.0 Å². The average Bonchev–Trinajstić information content (AvgIpc) is 2.78. The van der Waals surface area contributed by atoms with E-state index in [1.165, 1.54) is 0 Å². The molecule has 21 heavy (non-hydrogen) atoms. The minimum atomic E-state index is -2.91. The lowest BCUT2D eigenvalue weighted by Crippen LogP contribution is -2.26. The number of hydrogen-bond donors (Lipinski definition) is 2. The molecule has 0 aliphatic carbocycles. The molecule has 2 heterocycles. The van der Waals surface area contributed by atoms with Crippen LogP contribution in [0.5, 0.6) is 0 Å². The third kappa shape index (κ3) is 4.70. The zero-order chi connectivity index (χ0) is 15.3. The summed E-state index contributed by atoms with van der Waals surface area (Å²) in [5.41, 5.74) is 1.07. The Balaban J connectivity index is 1.96. The Hall–Kier alpha value is -1.63. The van der Waals surface area contributed by atoms with Crippen molar-refractivity contribution in [1.29, 1.82) is 0 Å². The van der Waals surface area contributed by atoms with Gasteiger partial charge >= 0.3 is 0 Å². The summed E-state index contributed by atoms with van der Waals surface area (Å²) in [6.07, 6.45) is 4.11. The third-order valence-electron chi connectivity index (χ3n) is 3.41. The van der Waals surface area contributed by atoms with E-state index in [0.29, 0.717) is 18.7 Å². The van der Waals surface area contributed by atoms with Crippen LogP contribution in [0.25, 0.3) is 0 Å². The van der Waals surface area contributed by atoms with Crippen molar-refractivity contribution >= 4 is 21.4 Å². The molecule has 1 fully saturated rings. The number of pyridine rings is 1. The van der Waals surface area contributed by atoms with E-state index < -0.39 is 9.84 Å². The highest BCUT2D eigenvalue weighted by molar-refractivity contribution is 7.91. The van der Waals surface area contributed by atoms with E-state index in [-0.39, 0.29) is 23.5 Å². The molecular formula is C14H21N3O3S. The molecule has 0 aromatic carbocycles. The van der Waals surface area contributed by atoms with E-state index in [1.807, 2.05) is 0 Å². The number of anilines is 1. The molecule has 1 aromatic heterocycles. The van der Waals surface area contributed by atoms with Crippen molar-refractivity contribution in [2.45, 2.75) is 32.2 Å². The van der Waals surface area contributed by atoms with Gasteiger partial charge in [0.15, 0.2) is 9.84 Å². The predicted molar refractivity (Wildman–Crippen MR) is 82.2 cm³/mol. The summed E-state index contributed by atoms with van der Waals surface area (Å²) in [4.78, 5) is 16.0. The molecule has 2 N–H and O–H groups in total. The molecule has 0 bridgehead atoms. The summed E-state index contributed by atoms with van der Waals surface area (Å²) < 4.78 is 22.9. The van der Waals surface area contributed by atoms with Gasteiger partial charge in [-0.2, -0.15) is 0 Å². The molecule has 116 valence electrons. The third-order valence-corrected chi connectivity index (χ3v) is 5.18. The molecule has 0 saturated carbocycles. The number of carbonyl (C=O) groups excluding carboxylic acids is 1. The number of amides is 1. The van der Waals surface area contributed by atoms with Crippen LogP contribution in [-0.4, -0.2) is 43.4 Å². The lowest BCUT2D eigenvalue weighted by Gasteiger charge is -2.13. The van der Waals surface area contributed by atoms with Crippen LogP contribution in [0.4, 0.5) is 5.69 Å². The number of rotatable bonds is 6. The minimum Gasteiger partial charge on any atom is -0.381 e. The zero-order valence-corrected chi connectivity index (χ0v) is 12.9. The number of hydrogen-bond acceptors (Lipinski definition) is 5. The molecule has 2 rings (SSSR count). The summed E-state index contributed by atoms with van der Waals surface area (Å²) in [5, 5.41) is 5.97. The highest BCUT2D eigenvalue weighted by atomic mass is 32.2. The predicted octanol–water partition coefficient (Wildman–Crippen LogP) is 1.21. The summed E-state index contributed by atoms with van der Waals surface area (Å²) in [6, 6.07) is 3.31. The van der Waals surface area contributed by atoms with Gasteiger partial charge in [0.25, 0.3) is 5.91 Å². The molecule has 1 atom stereocenters. The summed E-state index contributed by atoms with van der Waals surface area (Å²) >= 11 is 0. The van der Waals surface area contributed by atoms with E-state index >= 15 is 0 Å². The lowest BCUT2D eigenvalue weighted by molar-refractivity contribution is 0.0948. The molecule has 0 spiro atoms.